The van der Waals surface area contributed by atoms with Crippen LogP contribution in [0.5, 0.6) is 0 Å². The van der Waals surface area contributed by atoms with E-state index in [2.05, 4.69) is 0 Å². The molecule has 1 heterocycles. The van der Waals surface area contributed by atoms with E-state index in [9.17, 15) is 19.7 Å². The SMILES string of the molecule is CCN(C(=O)c1cccc([N+](=O)[O-])c1)c1c(C)n(C)n(-c2ccccc2)c1=O. The van der Waals surface area contributed by atoms with Crippen LogP contribution in [0, 0.1) is 17.0 Å². The molecule has 8 heteroatoms. The summed E-state index contributed by atoms with van der Waals surface area (Å²) in [5.41, 5.74) is 1.22. The maximum atomic E-state index is 13.2. The lowest BCUT2D eigenvalue weighted by Crippen LogP contribution is -2.35. The molecule has 0 radical (unpaired) electrons. The van der Waals surface area contributed by atoms with Gasteiger partial charge in [-0.1, -0.05) is 24.3 Å². The normalized spacial score (nSPS) is 10.7. The number of rotatable bonds is 5. The molecule has 1 aromatic heterocycles. The molecule has 3 rings (SSSR count). The number of hydrogen-bond donors (Lipinski definition) is 0. The monoisotopic (exact) mass is 380 g/mol. The first-order valence-electron chi connectivity index (χ1n) is 8.77. The van der Waals surface area contributed by atoms with Crippen LogP contribution in [0.1, 0.15) is 23.0 Å². The van der Waals surface area contributed by atoms with Gasteiger partial charge in [-0.05, 0) is 32.0 Å². The molecule has 0 aliphatic rings. The standard InChI is InChI=1S/C20H20N4O4/c1-4-22(19(25)15-9-8-12-17(13-15)24(27)28)18-14(2)21(3)23(20(18)26)16-10-6-5-7-11-16/h5-13H,4H2,1-3H3. The third-order valence-electron chi connectivity index (χ3n) is 4.66. The fourth-order valence-corrected chi connectivity index (χ4v) is 3.18. The number of nitro benzene ring substituents is 1. The Hall–Kier alpha value is -3.68. The van der Waals surface area contributed by atoms with Crippen molar-refractivity contribution >= 4 is 17.3 Å². The number of nitrogens with zero attached hydrogens (tertiary/aromatic N) is 4. The molecule has 0 atom stereocenters. The van der Waals surface area contributed by atoms with E-state index in [1.54, 1.807) is 25.6 Å². The van der Waals surface area contributed by atoms with Crippen LogP contribution in [-0.4, -0.2) is 26.7 Å². The quantitative estimate of drug-likeness (QED) is 0.502. The zero-order valence-corrected chi connectivity index (χ0v) is 15.8. The van der Waals surface area contributed by atoms with Crippen LogP contribution in [0.4, 0.5) is 11.4 Å². The Kier molecular flexibility index (Phi) is 5.12. The number of carbonyl (C=O) groups excluding carboxylic acids is 1. The minimum atomic E-state index is -0.552. The summed E-state index contributed by atoms with van der Waals surface area (Å²) in [5, 5.41) is 11.0. The van der Waals surface area contributed by atoms with E-state index in [-0.39, 0.29) is 29.0 Å². The first-order valence-corrected chi connectivity index (χ1v) is 8.77. The van der Waals surface area contributed by atoms with E-state index in [4.69, 9.17) is 0 Å². The Bertz CT molecular complexity index is 1100. The number of non-ortho nitro benzene ring substituents is 1. The second-order valence-electron chi connectivity index (χ2n) is 6.27. The number of hydrogen-bond acceptors (Lipinski definition) is 4. The predicted octanol–water partition coefficient (Wildman–Crippen LogP) is 3.06. The van der Waals surface area contributed by atoms with E-state index < -0.39 is 10.8 Å². The zero-order valence-electron chi connectivity index (χ0n) is 15.8. The van der Waals surface area contributed by atoms with E-state index in [1.807, 2.05) is 30.3 Å². The van der Waals surface area contributed by atoms with E-state index in [0.717, 1.165) is 0 Å². The van der Waals surface area contributed by atoms with Crippen molar-refractivity contribution in [3.05, 3.63) is 86.3 Å². The topological polar surface area (TPSA) is 90.4 Å². The van der Waals surface area contributed by atoms with Gasteiger partial charge < -0.3 is 4.90 Å². The molecule has 0 N–H and O–H groups in total. The molecule has 28 heavy (non-hydrogen) atoms. The Balaban J connectivity index is 2.11. The van der Waals surface area contributed by atoms with Gasteiger partial charge in [0.25, 0.3) is 17.2 Å². The van der Waals surface area contributed by atoms with Crippen LogP contribution >= 0.6 is 0 Å². The van der Waals surface area contributed by atoms with Crippen molar-refractivity contribution in [2.75, 3.05) is 11.4 Å². The number of para-hydroxylation sites is 1. The van der Waals surface area contributed by atoms with E-state index >= 15 is 0 Å². The summed E-state index contributed by atoms with van der Waals surface area (Å²) >= 11 is 0. The molecule has 0 aliphatic carbocycles. The van der Waals surface area contributed by atoms with Gasteiger partial charge in [0.1, 0.15) is 5.69 Å². The van der Waals surface area contributed by atoms with Gasteiger partial charge in [0.15, 0.2) is 0 Å². The highest BCUT2D eigenvalue weighted by molar-refractivity contribution is 6.06. The average molecular weight is 380 g/mol. The summed E-state index contributed by atoms with van der Waals surface area (Å²) < 4.78 is 3.18. The Morgan fingerprint density at radius 3 is 2.43 bits per heavy atom. The highest BCUT2D eigenvalue weighted by Crippen LogP contribution is 2.22. The summed E-state index contributed by atoms with van der Waals surface area (Å²) in [5.74, 6) is -0.461. The molecule has 0 fully saturated rings. The fraction of sp³-hybridized carbons (Fsp3) is 0.200. The summed E-state index contributed by atoms with van der Waals surface area (Å²) in [4.78, 5) is 38.0. The first kappa shape index (κ1) is 19.1. The number of nitro groups is 1. The Morgan fingerprint density at radius 1 is 1.14 bits per heavy atom. The highest BCUT2D eigenvalue weighted by atomic mass is 16.6. The number of benzene rings is 2. The van der Waals surface area contributed by atoms with Crippen molar-refractivity contribution in [3.63, 3.8) is 0 Å². The largest absolute Gasteiger partial charge is 0.302 e. The van der Waals surface area contributed by atoms with E-state index in [0.29, 0.717) is 11.4 Å². The average Bonchev–Trinajstić information content (AvgIpc) is 2.92. The second kappa shape index (κ2) is 7.51. The van der Waals surface area contributed by atoms with E-state index in [1.165, 1.54) is 33.8 Å². The highest BCUT2D eigenvalue weighted by Gasteiger charge is 2.26. The van der Waals surface area contributed by atoms with Gasteiger partial charge in [0.05, 0.1) is 16.3 Å². The van der Waals surface area contributed by atoms with Crippen molar-refractivity contribution in [1.82, 2.24) is 9.36 Å². The lowest BCUT2D eigenvalue weighted by molar-refractivity contribution is -0.384. The van der Waals surface area contributed by atoms with Crippen molar-refractivity contribution in [3.8, 4) is 5.69 Å². The van der Waals surface area contributed by atoms with Crippen LogP contribution in [0.2, 0.25) is 0 Å². The zero-order chi connectivity index (χ0) is 20.4. The van der Waals surface area contributed by atoms with Crippen LogP contribution in [-0.2, 0) is 7.05 Å². The summed E-state index contributed by atoms with van der Waals surface area (Å²) in [6.07, 6.45) is 0. The van der Waals surface area contributed by atoms with Gasteiger partial charge in [-0.15, -0.1) is 0 Å². The van der Waals surface area contributed by atoms with Gasteiger partial charge in [-0.2, -0.15) is 0 Å². The van der Waals surface area contributed by atoms with Gasteiger partial charge in [-0.25, -0.2) is 4.68 Å². The minimum absolute atomic E-state index is 0.157. The molecule has 0 bridgehead atoms. The molecule has 0 aliphatic heterocycles. The fourth-order valence-electron chi connectivity index (χ4n) is 3.18. The lowest BCUT2D eigenvalue weighted by atomic mass is 10.1. The number of aromatic nitrogens is 2. The number of amides is 1. The van der Waals surface area contributed by atoms with Gasteiger partial charge >= 0.3 is 0 Å². The molecule has 0 spiro atoms. The summed E-state index contributed by atoms with van der Waals surface area (Å²) in [7, 11) is 1.75. The Labute approximate surface area is 161 Å². The second-order valence-corrected chi connectivity index (χ2v) is 6.27. The van der Waals surface area contributed by atoms with Gasteiger partial charge in [0.2, 0.25) is 0 Å². The Morgan fingerprint density at radius 2 is 1.82 bits per heavy atom. The third kappa shape index (κ3) is 3.20. The van der Waals surface area contributed by atoms with Crippen LogP contribution < -0.4 is 10.5 Å². The van der Waals surface area contributed by atoms with Crippen molar-refractivity contribution in [1.29, 1.82) is 0 Å². The number of anilines is 1. The molecule has 0 unspecified atom stereocenters. The molecule has 1 amide bonds. The van der Waals surface area contributed by atoms with Crippen LogP contribution in [0.25, 0.3) is 5.69 Å². The van der Waals surface area contributed by atoms with Crippen LogP contribution in [0.3, 0.4) is 0 Å². The molecular formula is C20H20N4O4. The molecule has 2 aromatic carbocycles. The maximum Gasteiger partial charge on any atom is 0.295 e. The van der Waals surface area contributed by atoms with Crippen molar-refractivity contribution < 1.29 is 9.72 Å². The smallest absolute Gasteiger partial charge is 0.295 e. The minimum Gasteiger partial charge on any atom is -0.302 e. The number of carbonyl (C=O) groups is 1. The van der Waals surface area contributed by atoms with Gasteiger partial charge in [0, 0.05) is 31.3 Å². The summed E-state index contributed by atoms with van der Waals surface area (Å²) in [6.45, 7) is 3.77. The molecular weight excluding hydrogens is 360 g/mol. The maximum absolute atomic E-state index is 13.2. The molecule has 0 saturated heterocycles. The summed E-state index contributed by atoms with van der Waals surface area (Å²) in [6, 6.07) is 14.6. The van der Waals surface area contributed by atoms with Crippen LogP contribution in [0.15, 0.2) is 59.4 Å². The van der Waals surface area contributed by atoms with Crippen molar-refractivity contribution in [2.24, 2.45) is 7.05 Å². The van der Waals surface area contributed by atoms with Crippen molar-refractivity contribution in [2.45, 2.75) is 13.8 Å². The third-order valence-corrected chi connectivity index (χ3v) is 4.66. The molecule has 144 valence electrons. The predicted molar refractivity (Wildman–Crippen MR) is 106 cm³/mol. The molecule has 3 aromatic rings. The molecule has 8 nitrogen and oxygen atoms in total. The molecule has 0 saturated carbocycles. The lowest BCUT2D eigenvalue weighted by Gasteiger charge is -2.19. The first-order chi connectivity index (χ1) is 13.4. The van der Waals surface area contributed by atoms with Gasteiger partial charge in [-0.3, -0.25) is 24.4 Å².